The summed E-state index contributed by atoms with van der Waals surface area (Å²) in [7, 11) is 0. The molecular formula is C22H25ClFN3O3. The van der Waals surface area contributed by atoms with Crippen LogP contribution in [-0.4, -0.2) is 40.6 Å². The van der Waals surface area contributed by atoms with E-state index in [1.165, 1.54) is 12.1 Å². The number of likely N-dealkylation sites (tertiary alicyclic amines) is 1. The topological polar surface area (TPSA) is 62.7 Å². The Morgan fingerprint density at radius 1 is 1.23 bits per heavy atom. The van der Waals surface area contributed by atoms with Crippen LogP contribution >= 0.6 is 11.6 Å². The first-order valence-corrected chi connectivity index (χ1v) is 10.2. The van der Waals surface area contributed by atoms with Gasteiger partial charge in [0.1, 0.15) is 16.6 Å². The van der Waals surface area contributed by atoms with Crippen LogP contribution in [0, 0.1) is 11.7 Å². The summed E-state index contributed by atoms with van der Waals surface area (Å²) in [5, 5.41) is 0.363. The molecule has 0 radical (unpaired) electrons. The molecule has 1 saturated heterocycles. The molecule has 0 N–H and O–H groups in total. The van der Waals surface area contributed by atoms with Crippen molar-refractivity contribution in [2.45, 2.75) is 39.3 Å². The van der Waals surface area contributed by atoms with Gasteiger partial charge in [-0.05, 0) is 63.1 Å². The Hall–Kier alpha value is -2.67. The number of anilines is 1. The van der Waals surface area contributed by atoms with E-state index in [2.05, 4.69) is 4.98 Å². The first-order valence-electron chi connectivity index (χ1n) is 9.78. The first kappa shape index (κ1) is 22.0. The number of aromatic nitrogens is 1. The Morgan fingerprint density at radius 3 is 2.53 bits per heavy atom. The van der Waals surface area contributed by atoms with Gasteiger partial charge in [0.05, 0.1) is 12.5 Å². The van der Waals surface area contributed by atoms with E-state index in [0.717, 1.165) is 5.56 Å². The summed E-state index contributed by atoms with van der Waals surface area (Å²) in [6, 6.07) is 9.22. The standard InChI is InChI=1S/C22H25ClFN3O3/c1-22(2,3)30-21(29)26-11-10-16(14-26)20(28)27(18-7-5-17(24)6-8-18)13-15-4-9-19(23)25-12-15/h4-9,12,16H,10-11,13-14H2,1-3H3/t16-/m0/s1. The fourth-order valence-corrected chi connectivity index (χ4v) is 3.39. The fourth-order valence-electron chi connectivity index (χ4n) is 3.27. The summed E-state index contributed by atoms with van der Waals surface area (Å²) in [5.41, 5.74) is 0.770. The number of benzene rings is 1. The molecule has 6 nitrogen and oxygen atoms in total. The van der Waals surface area contributed by atoms with E-state index in [-0.39, 0.29) is 30.7 Å². The van der Waals surface area contributed by atoms with Crippen molar-refractivity contribution >= 4 is 29.3 Å². The van der Waals surface area contributed by atoms with Crippen molar-refractivity contribution in [2.75, 3.05) is 18.0 Å². The predicted octanol–water partition coefficient (Wildman–Crippen LogP) is 4.66. The molecule has 0 unspecified atom stereocenters. The van der Waals surface area contributed by atoms with Crippen LogP contribution in [0.3, 0.4) is 0 Å². The number of carbonyl (C=O) groups is 2. The number of carbonyl (C=O) groups excluding carboxylic acids is 2. The second-order valence-electron chi connectivity index (χ2n) is 8.30. The van der Waals surface area contributed by atoms with Crippen molar-refractivity contribution in [2.24, 2.45) is 5.92 Å². The van der Waals surface area contributed by atoms with Crippen LogP contribution in [-0.2, 0) is 16.1 Å². The number of halogens is 2. The summed E-state index contributed by atoms with van der Waals surface area (Å²) in [6.07, 6.45) is 1.72. The van der Waals surface area contributed by atoms with Gasteiger partial charge in [-0.15, -0.1) is 0 Å². The van der Waals surface area contributed by atoms with Crippen LogP contribution in [0.5, 0.6) is 0 Å². The summed E-state index contributed by atoms with van der Waals surface area (Å²) < 4.78 is 18.8. The molecule has 1 fully saturated rings. The summed E-state index contributed by atoms with van der Waals surface area (Å²) in [6.45, 7) is 6.41. The zero-order chi connectivity index (χ0) is 21.9. The molecule has 160 valence electrons. The van der Waals surface area contributed by atoms with Gasteiger partial charge < -0.3 is 14.5 Å². The molecule has 1 aromatic carbocycles. The molecule has 2 aromatic rings. The Balaban J connectivity index is 1.77. The maximum atomic E-state index is 13.4. The maximum absolute atomic E-state index is 13.4. The maximum Gasteiger partial charge on any atom is 0.410 e. The highest BCUT2D eigenvalue weighted by Crippen LogP contribution is 2.26. The van der Waals surface area contributed by atoms with Gasteiger partial charge in [0.25, 0.3) is 0 Å². The Morgan fingerprint density at radius 2 is 1.93 bits per heavy atom. The minimum Gasteiger partial charge on any atom is -0.444 e. The van der Waals surface area contributed by atoms with E-state index in [9.17, 15) is 14.0 Å². The van der Waals surface area contributed by atoms with Gasteiger partial charge in [0, 0.05) is 25.0 Å². The predicted molar refractivity (Wildman–Crippen MR) is 113 cm³/mol. The average molecular weight is 434 g/mol. The highest BCUT2D eigenvalue weighted by Gasteiger charge is 2.36. The molecule has 0 bridgehead atoms. The molecule has 1 aliphatic heterocycles. The Kier molecular flexibility index (Phi) is 6.61. The molecule has 1 aliphatic rings. The number of ether oxygens (including phenoxy) is 1. The lowest BCUT2D eigenvalue weighted by molar-refractivity contribution is -0.122. The third-order valence-electron chi connectivity index (χ3n) is 4.72. The van der Waals surface area contributed by atoms with Crippen LogP contribution < -0.4 is 4.90 Å². The molecule has 0 spiro atoms. The number of hydrogen-bond donors (Lipinski definition) is 0. The fraction of sp³-hybridized carbons (Fsp3) is 0.409. The van der Waals surface area contributed by atoms with E-state index in [0.29, 0.717) is 23.8 Å². The largest absolute Gasteiger partial charge is 0.444 e. The Labute approximate surface area is 180 Å². The molecule has 2 heterocycles. The first-order chi connectivity index (χ1) is 14.1. The highest BCUT2D eigenvalue weighted by atomic mass is 35.5. The van der Waals surface area contributed by atoms with Crippen molar-refractivity contribution in [1.29, 1.82) is 0 Å². The van der Waals surface area contributed by atoms with Gasteiger partial charge in [-0.2, -0.15) is 0 Å². The minimum atomic E-state index is -0.596. The van der Waals surface area contributed by atoms with E-state index < -0.39 is 11.7 Å². The van der Waals surface area contributed by atoms with E-state index in [1.54, 1.807) is 61.0 Å². The van der Waals surface area contributed by atoms with Crippen LogP contribution in [0.25, 0.3) is 0 Å². The summed E-state index contributed by atoms with van der Waals surface area (Å²) in [4.78, 5) is 32.9. The van der Waals surface area contributed by atoms with Gasteiger partial charge in [-0.1, -0.05) is 17.7 Å². The lowest BCUT2D eigenvalue weighted by Crippen LogP contribution is -2.39. The van der Waals surface area contributed by atoms with Crippen molar-refractivity contribution < 1.29 is 18.7 Å². The lowest BCUT2D eigenvalue weighted by Gasteiger charge is -2.27. The molecule has 0 saturated carbocycles. The third kappa shape index (κ3) is 5.69. The summed E-state index contributed by atoms with van der Waals surface area (Å²) in [5.74, 6) is -0.887. The van der Waals surface area contributed by atoms with Crippen LogP contribution in [0.2, 0.25) is 5.15 Å². The van der Waals surface area contributed by atoms with Gasteiger partial charge in [-0.25, -0.2) is 14.2 Å². The second kappa shape index (κ2) is 9.00. The monoisotopic (exact) mass is 433 g/mol. The van der Waals surface area contributed by atoms with Crippen LogP contribution in [0.15, 0.2) is 42.6 Å². The normalized spacial score (nSPS) is 16.4. The van der Waals surface area contributed by atoms with Crippen molar-refractivity contribution in [3.8, 4) is 0 Å². The van der Waals surface area contributed by atoms with Crippen molar-refractivity contribution in [3.05, 3.63) is 59.1 Å². The van der Waals surface area contributed by atoms with Gasteiger partial charge in [0.2, 0.25) is 5.91 Å². The molecule has 8 heteroatoms. The molecule has 1 aromatic heterocycles. The number of rotatable bonds is 4. The molecule has 30 heavy (non-hydrogen) atoms. The van der Waals surface area contributed by atoms with Crippen LogP contribution in [0.1, 0.15) is 32.8 Å². The zero-order valence-electron chi connectivity index (χ0n) is 17.3. The van der Waals surface area contributed by atoms with Crippen molar-refractivity contribution in [1.82, 2.24) is 9.88 Å². The van der Waals surface area contributed by atoms with E-state index in [1.807, 2.05) is 0 Å². The second-order valence-corrected chi connectivity index (χ2v) is 8.69. The molecular weight excluding hydrogens is 409 g/mol. The molecule has 0 aliphatic carbocycles. The number of nitrogens with zero attached hydrogens (tertiary/aromatic N) is 3. The van der Waals surface area contributed by atoms with Crippen molar-refractivity contribution in [3.63, 3.8) is 0 Å². The average Bonchev–Trinajstić information content (AvgIpc) is 3.17. The SMILES string of the molecule is CC(C)(C)OC(=O)N1CC[C@H](C(=O)N(Cc2ccc(Cl)nc2)c2ccc(F)cc2)C1. The smallest absolute Gasteiger partial charge is 0.410 e. The molecule has 3 rings (SSSR count). The highest BCUT2D eigenvalue weighted by molar-refractivity contribution is 6.29. The van der Waals surface area contributed by atoms with Gasteiger partial charge >= 0.3 is 6.09 Å². The van der Waals surface area contributed by atoms with Gasteiger partial charge in [-0.3, -0.25) is 4.79 Å². The minimum absolute atomic E-state index is 0.136. The van der Waals surface area contributed by atoms with Gasteiger partial charge in [0.15, 0.2) is 0 Å². The number of hydrogen-bond acceptors (Lipinski definition) is 4. The van der Waals surface area contributed by atoms with E-state index in [4.69, 9.17) is 16.3 Å². The molecule has 1 atom stereocenters. The third-order valence-corrected chi connectivity index (χ3v) is 4.95. The van der Waals surface area contributed by atoms with Crippen LogP contribution in [0.4, 0.5) is 14.9 Å². The van der Waals surface area contributed by atoms with E-state index >= 15 is 0 Å². The zero-order valence-corrected chi connectivity index (χ0v) is 18.0. The Bertz CT molecular complexity index is 897. The number of amides is 2. The summed E-state index contributed by atoms with van der Waals surface area (Å²) >= 11 is 5.86. The lowest BCUT2D eigenvalue weighted by atomic mass is 10.1. The molecule has 2 amide bonds. The quantitative estimate of drug-likeness (QED) is 0.657. The number of pyridine rings is 1.